The Hall–Kier alpha value is -2.14. The summed E-state index contributed by atoms with van der Waals surface area (Å²) < 4.78 is 7.15. The molecule has 1 aliphatic rings. The number of amides is 1. The molecule has 5 heteroatoms. The second-order valence-electron chi connectivity index (χ2n) is 6.02. The molecule has 1 amide bonds. The molecule has 1 aromatic carbocycles. The van der Waals surface area contributed by atoms with E-state index >= 15 is 0 Å². The average molecular weight is 313 g/mol. The van der Waals surface area contributed by atoms with Gasteiger partial charge in [0.1, 0.15) is 6.10 Å². The summed E-state index contributed by atoms with van der Waals surface area (Å²) in [5, 5.41) is 7.64. The molecule has 2 aromatic rings. The zero-order valence-corrected chi connectivity index (χ0v) is 13.7. The Morgan fingerprint density at radius 2 is 2.22 bits per heavy atom. The van der Waals surface area contributed by atoms with Crippen molar-refractivity contribution in [2.45, 2.75) is 44.9 Å². The van der Waals surface area contributed by atoms with Crippen LogP contribution in [0.5, 0.6) is 0 Å². The summed E-state index contributed by atoms with van der Waals surface area (Å²) in [6.45, 7) is 2.53. The summed E-state index contributed by atoms with van der Waals surface area (Å²) in [6.07, 6.45) is 4.49. The lowest BCUT2D eigenvalue weighted by molar-refractivity contribution is -0.130. The van der Waals surface area contributed by atoms with Crippen LogP contribution in [-0.4, -0.2) is 28.9 Å². The third-order valence-corrected chi connectivity index (χ3v) is 4.48. The van der Waals surface area contributed by atoms with E-state index in [1.807, 2.05) is 24.4 Å². The number of hydrogen-bond acceptors (Lipinski definition) is 3. The Labute approximate surface area is 136 Å². The number of benzene rings is 1. The van der Waals surface area contributed by atoms with E-state index in [1.54, 1.807) is 14.0 Å². The largest absolute Gasteiger partial charge is 0.372 e. The minimum absolute atomic E-state index is 0.0355. The molecule has 1 aliphatic carbocycles. The molecule has 2 atom stereocenters. The van der Waals surface area contributed by atoms with Crippen LogP contribution < -0.4 is 5.32 Å². The second kappa shape index (κ2) is 6.96. The van der Waals surface area contributed by atoms with Crippen LogP contribution in [0.4, 0.5) is 0 Å². The SMILES string of the molecule is CO[C@@H](C)C(=O)N[C@@H]1CCCc2c1cnn2Cc1ccccc1. The lowest BCUT2D eigenvalue weighted by Crippen LogP contribution is -2.37. The van der Waals surface area contributed by atoms with Crippen molar-refractivity contribution in [2.24, 2.45) is 0 Å². The Bertz CT molecular complexity index is 666. The van der Waals surface area contributed by atoms with E-state index in [1.165, 1.54) is 11.3 Å². The number of methoxy groups -OCH3 is 1. The van der Waals surface area contributed by atoms with Crippen molar-refractivity contribution in [3.63, 3.8) is 0 Å². The van der Waals surface area contributed by atoms with Crippen LogP contribution in [0.2, 0.25) is 0 Å². The van der Waals surface area contributed by atoms with Crippen LogP contribution in [-0.2, 0) is 22.5 Å². The Morgan fingerprint density at radius 1 is 1.43 bits per heavy atom. The van der Waals surface area contributed by atoms with E-state index in [0.717, 1.165) is 31.4 Å². The highest BCUT2D eigenvalue weighted by Gasteiger charge is 2.26. The molecule has 1 aromatic heterocycles. The number of nitrogens with one attached hydrogen (secondary N) is 1. The fourth-order valence-electron chi connectivity index (χ4n) is 3.06. The van der Waals surface area contributed by atoms with Gasteiger partial charge in [0.25, 0.3) is 0 Å². The van der Waals surface area contributed by atoms with Crippen molar-refractivity contribution in [3.8, 4) is 0 Å². The predicted molar refractivity (Wildman–Crippen MR) is 88.1 cm³/mol. The monoisotopic (exact) mass is 313 g/mol. The zero-order chi connectivity index (χ0) is 16.2. The fourth-order valence-corrected chi connectivity index (χ4v) is 3.06. The molecule has 1 heterocycles. The molecular weight excluding hydrogens is 290 g/mol. The van der Waals surface area contributed by atoms with Crippen LogP contribution in [0, 0.1) is 0 Å². The molecule has 0 saturated heterocycles. The van der Waals surface area contributed by atoms with E-state index in [9.17, 15) is 4.79 Å². The summed E-state index contributed by atoms with van der Waals surface area (Å²) in [6, 6.07) is 10.4. The van der Waals surface area contributed by atoms with Gasteiger partial charge in [-0.15, -0.1) is 0 Å². The van der Waals surface area contributed by atoms with Gasteiger partial charge in [-0.1, -0.05) is 30.3 Å². The lowest BCUT2D eigenvalue weighted by atomic mass is 9.92. The number of hydrogen-bond donors (Lipinski definition) is 1. The quantitative estimate of drug-likeness (QED) is 0.922. The molecule has 3 rings (SSSR count). The lowest BCUT2D eigenvalue weighted by Gasteiger charge is -2.25. The Morgan fingerprint density at radius 3 is 2.96 bits per heavy atom. The summed E-state index contributed by atoms with van der Waals surface area (Å²) in [5.41, 5.74) is 3.61. The molecule has 23 heavy (non-hydrogen) atoms. The van der Waals surface area contributed by atoms with Crippen LogP contribution in [0.3, 0.4) is 0 Å². The maximum absolute atomic E-state index is 12.1. The third-order valence-electron chi connectivity index (χ3n) is 4.48. The van der Waals surface area contributed by atoms with E-state index in [4.69, 9.17) is 4.74 Å². The van der Waals surface area contributed by atoms with Gasteiger partial charge in [0.2, 0.25) is 5.91 Å². The Kier molecular flexibility index (Phi) is 4.76. The van der Waals surface area contributed by atoms with Crippen molar-refractivity contribution in [1.82, 2.24) is 15.1 Å². The van der Waals surface area contributed by atoms with Crippen molar-refractivity contribution in [1.29, 1.82) is 0 Å². The molecule has 1 N–H and O–H groups in total. The smallest absolute Gasteiger partial charge is 0.249 e. The molecule has 0 bridgehead atoms. The topological polar surface area (TPSA) is 56.1 Å². The maximum Gasteiger partial charge on any atom is 0.249 e. The van der Waals surface area contributed by atoms with Gasteiger partial charge in [-0.05, 0) is 31.7 Å². The fraction of sp³-hybridized carbons (Fsp3) is 0.444. The number of aromatic nitrogens is 2. The van der Waals surface area contributed by atoms with Crippen molar-refractivity contribution < 1.29 is 9.53 Å². The van der Waals surface area contributed by atoms with Gasteiger partial charge in [0.15, 0.2) is 0 Å². The number of fused-ring (bicyclic) bond motifs is 1. The van der Waals surface area contributed by atoms with Crippen molar-refractivity contribution >= 4 is 5.91 Å². The number of carbonyl (C=O) groups is 1. The summed E-state index contributed by atoms with van der Waals surface area (Å²) in [5.74, 6) is -0.0684. The highest BCUT2D eigenvalue weighted by molar-refractivity contribution is 5.80. The summed E-state index contributed by atoms with van der Waals surface area (Å²) in [7, 11) is 1.55. The molecule has 0 saturated carbocycles. The van der Waals surface area contributed by atoms with Gasteiger partial charge in [-0.25, -0.2) is 0 Å². The first kappa shape index (κ1) is 15.7. The van der Waals surface area contributed by atoms with Gasteiger partial charge in [0, 0.05) is 18.4 Å². The van der Waals surface area contributed by atoms with Gasteiger partial charge in [0.05, 0.1) is 18.8 Å². The highest BCUT2D eigenvalue weighted by atomic mass is 16.5. The second-order valence-corrected chi connectivity index (χ2v) is 6.02. The molecule has 0 unspecified atom stereocenters. The molecule has 5 nitrogen and oxygen atoms in total. The molecule has 0 aliphatic heterocycles. The number of carbonyl (C=O) groups excluding carboxylic acids is 1. The number of nitrogens with zero attached hydrogens (tertiary/aromatic N) is 2. The maximum atomic E-state index is 12.1. The molecular formula is C18H23N3O2. The number of ether oxygens (including phenoxy) is 1. The molecule has 0 radical (unpaired) electrons. The Balaban J connectivity index is 1.77. The third kappa shape index (κ3) is 3.45. The summed E-state index contributed by atoms with van der Waals surface area (Å²) >= 11 is 0. The minimum Gasteiger partial charge on any atom is -0.372 e. The van der Waals surface area contributed by atoms with E-state index in [2.05, 4.69) is 27.2 Å². The molecule has 0 spiro atoms. The van der Waals surface area contributed by atoms with Gasteiger partial charge < -0.3 is 10.1 Å². The number of rotatable bonds is 5. The van der Waals surface area contributed by atoms with Gasteiger partial charge >= 0.3 is 0 Å². The predicted octanol–water partition coefficient (Wildman–Crippen LogP) is 2.46. The minimum atomic E-state index is -0.431. The van der Waals surface area contributed by atoms with Gasteiger partial charge in [-0.3, -0.25) is 9.48 Å². The first-order valence-electron chi connectivity index (χ1n) is 8.10. The first-order chi connectivity index (χ1) is 11.2. The van der Waals surface area contributed by atoms with E-state index in [-0.39, 0.29) is 11.9 Å². The van der Waals surface area contributed by atoms with Crippen molar-refractivity contribution in [2.75, 3.05) is 7.11 Å². The zero-order valence-electron chi connectivity index (χ0n) is 13.7. The van der Waals surface area contributed by atoms with Crippen LogP contribution in [0.25, 0.3) is 0 Å². The van der Waals surface area contributed by atoms with Crippen LogP contribution in [0.15, 0.2) is 36.5 Å². The molecule has 0 fully saturated rings. The summed E-state index contributed by atoms with van der Waals surface area (Å²) in [4.78, 5) is 12.1. The van der Waals surface area contributed by atoms with Gasteiger partial charge in [-0.2, -0.15) is 5.10 Å². The van der Waals surface area contributed by atoms with E-state index < -0.39 is 6.10 Å². The van der Waals surface area contributed by atoms with Crippen LogP contribution >= 0.6 is 0 Å². The van der Waals surface area contributed by atoms with Crippen molar-refractivity contribution in [3.05, 3.63) is 53.3 Å². The highest BCUT2D eigenvalue weighted by Crippen LogP contribution is 2.30. The average Bonchev–Trinajstić information content (AvgIpc) is 2.99. The standard InChI is InChI=1S/C18H23N3O2/c1-13(23-2)18(22)20-16-9-6-10-17-15(16)11-19-21(17)12-14-7-4-3-5-8-14/h3-5,7-8,11,13,16H,6,9-10,12H2,1-2H3,(H,20,22)/t13-,16+/m0/s1. The molecule has 122 valence electrons. The van der Waals surface area contributed by atoms with E-state index in [0.29, 0.717) is 0 Å². The normalized spacial score (nSPS) is 18.3. The first-order valence-corrected chi connectivity index (χ1v) is 8.10. The van der Waals surface area contributed by atoms with Crippen LogP contribution in [0.1, 0.15) is 42.6 Å².